The Hall–Kier alpha value is -1.49. The van der Waals surface area contributed by atoms with Crippen LogP contribution < -0.4 is 16.6 Å². The maximum atomic E-state index is 12.3. The highest BCUT2D eigenvalue weighted by Crippen LogP contribution is 2.22. The van der Waals surface area contributed by atoms with Crippen molar-refractivity contribution >= 4 is 10.0 Å². The number of rotatable bonds is 3. The molecule has 1 aromatic heterocycles. The Bertz CT molecular complexity index is 727. The van der Waals surface area contributed by atoms with Gasteiger partial charge in [-0.1, -0.05) is 0 Å². The van der Waals surface area contributed by atoms with Crippen LogP contribution in [0.1, 0.15) is 0 Å². The average Bonchev–Trinajstić information content (AvgIpc) is 2.37. The lowest BCUT2D eigenvalue weighted by Crippen LogP contribution is -2.64. The Labute approximate surface area is 121 Å². The smallest absolute Gasteiger partial charge is 0.314 e. The molecule has 0 unspecified atom stereocenters. The molecule has 2 saturated heterocycles. The summed E-state index contributed by atoms with van der Waals surface area (Å²) < 4.78 is 25.9. The molecule has 0 atom stereocenters. The molecule has 2 fully saturated rings. The highest BCUT2D eigenvalue weighted by molar-refractivity contribution is 7.89. The van der Waals surface area contributed by atoms with Crippen molar-refractivity contribution in [2.24, 2.45) is 0 Å². The number of aromatic nitrogens is 2. The van der Waals surface area contributed by atoms with E-state index < -0.39 is 26.2 Å². The molecule has 3 N–H and O–H groups in total. The largest absolute Gasteiger partial charge is 0.325 e. The van der Waals surface area contributed by atoms with E-state index in [0.29, 0.717) is 13.1 Å². The summed E-state index contributed by atoms with van der Waals surface area (Å²) in [6.45, 7) is 4.36. The average molecular weight is 315 g/mol. The van der Waals surface area contributed by atoms with Gasteiger partial charge in [0.15, 0.2) is 4.90 Å². The molecule has 0 spiro atoms. The summed E-state index contributed by atoms with van der Waals surface area (Å²) >= 11 is 0. The molecule has 2 aliphatic heterocycles. The van der Waals surface area contributed by atoms with Crippen LogP contribution in [-0.2, 0) is 10.0 Å². The maximum Gasteiger partial charge on any atom is 0.325 e. The van der Waals surface area contributed by atoms with Crippen LogP contribution in [0.15, 0.2) is 20.7 Å². The number of H-pyrrole nitrogens is 2. The van der Waals surface area contributed by atoms with E-state index in [-0.39, 0.29) is 6.04 Å². The van der Waals surface area contributed by atoms with Crippen LogP contribution in [-0.4, -0.2) is 72.9 Å². The minimum Gasteiger partial charge on any atom is -0.314 e. The van der Waals surface area contributed by atoms with Crippen molar-refractivity contribution in [1.82, 2.24) is 24.5 Å². The van der Waals surface area contributed by atoms with E-state index in [1.165, 1.54) is 4.31 Å². The number of nitrogens with one attached hydrogen (secondary N) is 3. The molecule has 2 aliphatic rings. The van der Waals surface area contributed by atoms with Gasteiger partial charge in [-0.25, -0.2) is 13.2 Å². The van der Waals surface area contributed by atoms with Crippen LogP contribution in [0.3, 0.4) is 0 Å². The Morgan fingerprint density at radius 1 is 1.14 bits per heavy atom. The van der Waals surface area contributed by atoms with E-state index in [9.17, 15) is 18.0 Å². The van der Waals surface area contributed by atoms with Gasteiger partial charge in [-0.2, -0.15) is 4.31 Å². The van der Waals surface area contributed by atoms with Crippen molar-refractivity contribution in [3.05, 3.63) is 27.0 Å². The van der Waals surface area contributed by atoms with Crippen LogP contribution in [0.4, 0.5) is 0 Å². The second-order valence-electron chi connectivity index (χ2n) is 5.20. The molecular formula is C11H17N5O4S. The minimum absolute atomic E-state index is 0.198. The molecule has 21 heavy (non-hydrogen) atoms. The third kappa shape index (κ3) is 2.67. The van der Waals surface area contributed by atoms with E-state index in [1.54, 1.807) is 0 Å². The van der Waals surface area contributed by atoms with Crippen molar-refractivity contribution in [1.29, 1.82) is 0 Å². The lowest BCUT2D eigenvalue weighted by Gasteiger charge is -2.45. The molecule has 3 heterocycles. The molecule has 0 aromatic carbocycles. The summed E-state index contributed by atoms with van der Waals surface area (Å²) in [5.41, 5.74) is -1.61. The van der Waals surface area contributed by atoms with E-state index >= 15 is 0 Å². The number of hydrogen-bond donors (Lipinski definition) is 3. The maximum absolute atomic E-state index is 12.3. The molecule has 10 heteroatoms. The van der Waals surface area contributed by atoms with Crippen molar-refractivity contribution < 1.29 is 8.42 Å². The summed E-state index contributed by atoms with van der Waals surface area (Å²) in [6.07, 6.45) is 0.953. The molecular weight excluding hydrogens is 298 g/mol. The topological polar surface area (TPSA) is 118 Å². The minimum atomic E-state index is -3.84. The first-order valence-corrected chi connectivity index (χ1v) is 8.19. The molecule has 0 bridgehead atoms. The number of aromatic amines is 2. The zero-order chi connectivity index (χ0) is 15.0. The van der Waals surface area contributed by atoms with E-state index in [1.807, 2.05) is 4.98 Å². The molecule has 0 saturated carbocycles. The Kier molecular flexibility index (Phi) is 3.69. The zero-order valence-electron chi connectivity index (χ0n) is 11.3. The fourth-order valence-corrected chi connectivity index (χ4v) is 4.13. The first-order chi connectivity index (χ1) is 9.98. The normalized spacial score (nSPS) is 22.1. The van der Waals surface area contributed by atoms with E-state index in [4.69, 9.17) is 0 Å². The van der Waals surface area contributed by atoms with Gasteiger partial charge in [0.2, 0.25) is 10.0 Å². The van der Waals surface area contributed by atoms with Crippen molar-refractivity contribution in [3.63, 3.8) is 0 Å². The quantitative estimate of drug-likeness (QED) is 0.560. The number of piperazine rings is 1. The van der Waals surface area contributed by atoms with Gasteiger partial charge in [-0.3, -0.25) is 14.7 Å². The summed E-state index contributed by atoms with van der Waals surface area (Å²) in [7, 11) is -3.84. The van der Waals surface area contributed by atoms with Crippen LogP contribution in [0, 0.1) is 0 Å². The molecule has 3 rings (SSSR count). The predicted octanol–water partition coefficient (Wildman–Crippen LogP) is -2.66. The van der Waals surface area contributed by atoms with Crippen LogP contribution in [0.5, 0.6) is 0 Å². The van der Waals surface area contributed by atoms with E-state index in [0.717, 1.165) is 32.4 Å². The van der Waals surface area contributed by atoms with Crippen LogP contribution >= 0.6 is 0 Å². The third-order valence-corrected chi connectivity index (χ3v) is 5.74. The standard InChI is InChI=1S/C11H17N5O4S/c17-10-9(5-13-11(18)14-10)21(19,20)16-6-8(7-16)15-3-1-12-2-4-15/h5,8,12H,1-4,6-7H2,(H2,13,14,17,18). The van der Waals surface area contributed by atoms with E-state index in [2.05, 4.69) is 15.2 Å². The van der Waals surface area contributed by atoms with Gasteiger partial charge in [0.25, 0.3) is 5.56 Å². The Balaban J connectivity index is 1.73. The van der Waals surface area contributed by atoms with Gasteiger partial charge in [0, 0.05) is 51.5 Å². The molecule has 0 amide bonds. The van der Waals surface area contributed by atoms with Gasteiger partial charge >= 0.3 is 5.69 Å². The Morgan fingerprint density at radius 2 is 1.81 bits per heavy atom. The van der Waals surface area contributed by atoms with Gasteiger partial charge < -0.3 is 10.3 Å². The first kappa shape index (κ1) is 14.4. The fraction of sp³-hybridized carbons (Fsp3) is 0.636. The zero-order valence-corrected chi connectivity index (χ0v) is 12.1. The summed E-state index contributed by atoms with van der Waals surface area (Å²) in [5.74, 6) is 0. The Morgan fingerprint density at radius 3 is 2.43 bits per heavy atom. The first-order valence-electron chi connectivity index (χ1n) is 6.75. The summed E-state index contributed by atoms with van der Waals surface area (Å²) in [4.78, 5) is 28.5. The van der Waals surface area contributed by atoms with Gasteiger partial charge in [0.1, 0.15) is 0 Å². The number of hydrogen-bond acceptors (Lipinski definition) is 6. The van der Waals surface area contributed by atoms with Crippen molar-refractivity contribution in [2.75, 3.05) is 39.3 Å². The summed E-state index contributed by atoms with van der Waals surface area (Å²) in [5, 5.41) is 3.25. The molecule has 0 aliphatic carbocycles. The van der Waals surface area contributed by atoms with Crippen molar-refractivity contribution in [2.45, 2.75) is 10.9 Å². The molecule has 9 nitrogen and oxygen atoms in total. The second-order valence-corrected chi connectivity index (χ2v) is 7.10. The lowest BCUT2D eigenvalue weighted by molar-refractivity contribution is 0.0772. The highest BCUT2D eigenvalue weighted by Gasteiger charge is 2.40. The fourth-order valence-electron chi connectivity index (χ4n) is 2.62. The monoisotopic (exact) mass is 315 g/mol. The van der Waals surface area contributed by atoms with Crippen LogP contribution in [0.25, 0.3) is 0 Å². The number of nitrogens with zero attached hydrogens (tertiary/aromatic N) is 2. The van der Waals surface area contributed by atoms with Crippen LogP contribution in [0.2, 0.25) is 0 Å². The number of sulfonamides is 1. The van der Waals surface area contributed by atoms with Gasteiger partial charge in [-0.05, 0) is 0 Å². The molecule has 1 aromatic rings. The molecule has 0 radical (unpaired) electrons. The summed E-state index contributed by atoms with van der Waals surface area (Å²) in [6, 6.07) is 0.198. The van der Waals surface area contributed by atoms with Crippen molar-refractivity contribution in [3.8, 4) is 0 Å². The highest BCUT2D eigenvalue weighted by atomic mass is 32.2. The lowest BCUT2D eigenvalue weighted by atomic mass is 10.1. The molecule has 116 valence electrons. The van der Waals surface area contributed by atoms with Gasteiger partial charge in [0.05, 0.1) is 0 Å². The third-order valence-electron chi connectivity index (χ3n) is 3.90. The second kappa shape index (κ2) is 5.37. The predicted molar refractivity (Wildman–Crippen MR) is 74.7 cm³/mol. The van der Waals surface area contributed by atoms with Gasteiger partial charge in [-0.15, -0.1) is 0 Å². The SMILES string of the molecule is O=c1[nH]cc(S(=O)(=O)N2CC(N3CCNCC3)C2)c(=O)[nH]1.